The fraction of sp³-hybridized carbons (Fsp3) is 0.250. The lowest BCUT2D eigenvalue weighted by molar-refractivity contribution is -0.385. The van der Waals surface area contributed by atoms with E-state index in [4.69, 9.17) is 5.84 Å². The van der Waals surface area contributed by atoms with Gasteiger partial charge in [-0.25, -0.2) is 9.66 Å². The number of amides is 1. The predicted molar refractivity (Wildman–Crippen MR) is 108 cm³/mol. The van der Waals surface area contributed by atoms with Gasteiger partial charge in [0.2, 0.25) is 11.1 Å². The summed E-state index contributed by atoms with van der Waals surface area (Å²) < 4.78 is 1.36. The Bertz CT molecular complexity index is 1030. The molecule has 0 saturated carbocycles. The van der Waals surface area contributed by atoms with Crippen LogP contribution in [-0.2, 0) is 11.2 Å². The zero-order valence-corrected chi connectivity index (χ0v) is 16.7. The quantitative estimate of drug-likeness (QED) is 0.257. The number of nitrogens with one attached hydrogen (secondary N) is 1. The summed E-state index contributed by atoms with van der Waals surface area (Å²) in [6.45, 7) is 3.59. The van der Waals surface area contributed by atoms with Gasteiger partial charge in [0, 0.05) is 29.0 Å². The third-order valence-corrected chi connectivity index (χ3v) is 5.54. The summed E-state index contributed by atoms with van der Waals surface area (Å²) in [6, 6.07) is 4.92. The smallest absolute Gasteiger partial charge is 0.272 e. The first-order valence-electron chi connectivity index (χ1n) is 8.22. The van der Waals surface area contributed by atoms with Crippen LogP contribution in [0.1, 0.15) is 18.3 Å². The van der Waals surface area contributed by atoms with Crippen LogP contribution >= 0.6 is 23.1 Å². The molecule has 12 heteroatoms. The van der Waals surface area contributed by atoms with Crippen LogP contribution in [0.3, 0.4) is 0 Å². The van der Waals surface area contributed by atoms with Gasteiger partial charge in [0.25, 0.3) is 5.69 Å². The Morgan fingerprint density at radius 2 is 2.21 bits per heavy atom. The number of thiazole rings is 1. The maximum absolute atomic E-state index is 12.2. The first-order valence-corrected chi connectivity index (χ1v) is 10.1. The highest BCUT2D eigenvalue weighted by Gasteiger charge is 2.15. The summed E-state index contributed by atoms with van der Waals surface area (Å²) in [5, 5.41) is 24.3. The summed E-state index contributed by atoms with van der Waals surface area (Å²) in [5.41, 5.74) is 1.79. The zero-order valence-electron chi connectivity index (χ0n) is 15.1. The molecule has 0 unspecified atom stereocenters. The number of thioether (sulfide) groups is 1. The highest BCUT2D eigenvalue weighted by atomic mass is 32.2. The molecule has 0 bridgehead atoms. The van der Waals surface area contributed by atoms with Gasteiger partial charge in [-0.1, -0.05) is 30.8 Å². The third kappa shape index (κ3) is 4.28. The maximum Gasteiger partial charge on any atom is 0.272 e. The van der Waals surface area contributed by atoms with Gasteiger partial charge in [0.1, 0.15) is 0 Å². The topological polar surface area (TPSA) is 142 Å². The van der Waals surface area contributed by atoms with E-state index in [1.807, 2.05) is 6.92 Å². The Kier molecular flexibility index (Phi) is 5.90. The lowest BCUT2D eigenvalue weighted by Gasteiger charge is -2.03. The summed E-state index contributed by atoms with van der Waals surface area (Å²) in [7, 11) is 0. The summed E-state index contributed by atoms with van der Waals surface area (Å²) in [4.78, 5) is 27.2. The molecule has 0 aliphatic carbocycles. The Morgan fingerprint density at radius 3 is 2.89 bits per heavy atom. The van der Waals surface area contributed by atoms with Crippen LogP contribution in [0, 0.1) is 17.0 Å². The van der Waals surface area contributed by atoms with Crippen LogP contribution < -0.4 is 11.2 Å². The number of aryl methyl sites for hydroxylation is 2. The average molecular weight is 419 g/mol. The molecule has 146 valence electrons. The number of hydrogen-bond acceptors (Lipinski definition) is 9. The standard InChI is InChI=1S/C16H17N7O3S2/c1-3-13-20-21-16(22(13)17)28-8-14(24)19-15-18-11(7-27-15)10-5-4-9(2)12(6-10)23(25)26/h4-7H,3,8,17H2,1-2H3,(H,18,19,24). The van der Waals surface area contributed by atoms with Gasteiger partial charge >= 0.3 is 0 Å². The van der Waals surface area contributed by atoms with E-state index >= 15 is 0 Å². The minimum Gasteiger partial charge on any atom is -0.336 e. The number of nitrogens with two attached hydrogens (primary N) is 1. The number of benzene rings is 1. The predicted octanol–water partition coefficient (Wildman–Crippen LogP) is 2.63. The van der Waals surface area contributed by atoms with Gasteiger partial charge in [-0.2, -0.15) is 0 Å². The minimum atomic E-state index is -0.425. The monoisotopic (exact) mass is 419 g/mol. The first-order chi connectivity index (χ1) is 13.4. The van der Waals surface area contributed by atoms with E-state index < -0.39 is 4.92 Å². The number of carbonyl (C=O) groups excluding carboxylic acids is 1. The molecule has 3 N–H and O–H groups in total. The highest BCUT2D eigenvalue weighted by Crippen LogP contribution is 2.29. The van der Waals surface area contributed by atoms with Gasteiger partial charge in [-0.3, -0.25) is 14.9 Å². The minimum absolute atomic E-state index is 0.0323. The lowest BCUT2D eigenvalue weighted by Crippen LogP contribution is -2.17. The Balaban J connectivity index is 1.64. The Labute approximate surface area is 168 Å². The molecule has 1 aromatic carbocycles. The molecule has 0 radical (unpaired) electrons. The van der Waals surface area contributed by atoms with Crippen molar-refractivity contribution >= 4 is 39.8 Å². The number of carbonyl (C=O) groups is 1. The van der Waals surface area contributed by atoms with Crippen LogP contribution in [0.5, 0.6) is 0 Å². The average Bonchev–Trinajstić information content (AvgIpc) is 3.26. The summed E-state index contributed by atoms with van der Waals surface area (Å²) in [6.07, 6.45) is 0.648. The van der Waals surface area contributed by atoms with E-state index in [1.54, 1.807) is 24.4 Å². The molecule has 10 nitrogen and oxygen atoms in total. The molecule has 0 aliphatic heterocycles. The molecule has 2 heterocycles. The van der Waals surface area contributed by atoms with Crippen molar-refractivity contribution in [2.45, 2.75) is 25.4 Å². The van der Waals surface area contributed by atoms with Crippen molar-refractivity contribution in [3.63, 3.8) is 0 Å². The number of hydrogen-bond donors (Lipinski definition) is 2. The van der Waals surface area contributed by atoms with Gasteiger partial charge < -0.3 is 11.2 Å². The number of rotatable bonds is 7. The molecule has 3 rings (SSSR count). The second kappa shape index (κ2) is 8.35. The molecular formula is C16H17N7O3S2. The molecule has 0 aliphatic rings. The zero-order chi connectivity index (χ0) is 20.3. The molecule has 0 atom stereocenters. The van der Waals surface area contributed by atoms with Gasteiger partial charge in [-0.15, -0.1) is 21.5 Å². The molecule has 2 aromatic heterocycles. The second-order valence-electron chi connectivity index (χ2n) is 5.76. The number of anilines is 1. The van der Waals surface area contributed by atoms with Crippen LogP contribution in [0.15, 0.2) is 28.7 Å². The molecule has 0 fully saturated rings. The third-order valence-electron chi connectivity index (χ3n) is 3.84. The van der Waals surface area contributed by atoms with Crippen LogP contribution in [0.2, 0.25) is 0 Å². The lowest BCUT2D eigenvalue weighted by atomic mass is 10.1. The molecule has 3 aromatic rings. The van der Waals surface area contributed by atoms with Crippen LogP contribution in [0.4, 0.5) is 10.8 Å². The van der Waals surface area contributed by atoms with E-state index in [-0.39, 0.29) is 17.3 Å². The number of nitrogen functional groups attached to an aromatic ring is 1. The summed E-state index contributed by atoms with van der Waals surface area (Å²) in [5.74, 6) is 6.32. The molecule has 0 spiro atoms. The van der Waals surface area contributed by atoms with Crippen molar-refractivity contribution in [3.05, 3.63) is 45.1 Å². The first kappa shape index (κ1) is 19.8. The van der Waals surface area contributed by atoms with Crippen molar-refractivity contribution < 1.29 is 9.72 Å². The second-order valence-corrected chi connectivity index (χ2v) is 7.56. The maximum atomic E-state index is 12.2. The number of nitro groups is 1. The van der Waals surface area contributed by atoms with E-state index in [0.717, 1.165) is 0 Å². The summed E-state index contributed by atoms with van der Waals surface area (Å²) >= 11 is 2.42. The van der Waals surface area contributed by atoms with Crippen molar-refractivity contribution in [1.29, 1.82) is 0 Å². The van der Waals surface area contributed by atoms with Gasteiger partial charge in [0.05, 0.1) is 16.4 Å². The van der Waals surface area contributed by atoms with Crippen molar-refractivity contribution in [1.82, 2.24) is 19.9 Å². The number of nitrogens with zero attached hydrogens (tertiary/aromatic N) is 5. The van der Waals surface area contributed by atoms with Crippen molar-refractivity contribution in [3.8, 4) is 11.3 Å². The molecule has 28 heavy (non-hydrogen) atoms. The van der Waals surface area contributed by atoms with E-state index in [1.165, 1.54) is 33.8 Å². The van der Waals surface area contributed by atoms with Gasteiger partial charge in [-0.05, 0) is 6.92 Å². The number of nitro benzene ring substituents is 1. The molecule has 0 saturated heterocycles. The Hall–Kier alpha value is -2.99. The molecule has 1 amide bonds. The van der Waals surface area contributed by atoms with E-state index in [0.29, 0.717) is 39.4 Å². The van der Waals surface area contributed by atoms with Crippen molar-refractivity contribution in [2.75, 3.05) is 16.9 Å². The van der Waals surface area contributed by atoms with Gasteiger partial charge in [0.15, 0.2) is 11.0 Å². The normalized spacial score (nSPS) is 10.8. The number of aromatic nitrogens is 4. The fourth-order valence-electron chi connectivity index (χ4n) is 2.36. The van der Waals surface area contributed by atoms with Crippen LogP contribution in [0.25, 0.3) is 11.3 Å². The van der Waals surface area contributed by atoms with E-state index in [9.17, 15) is 14.9 Å². The Morgan fingerprint density at radius 1 is 1.43 bits per heavy atom. The SMILES string of the molecule is CCc1nnc(SCC(=O)Nc2nc(-c3ccc(C)c([N+](=O)[O-])c3)cs2)n1N. The highest BCUT2D eigenvalue weighted by molar-refractivity contribution is 7.99. The van der Waals surface area contributed by atoms with E-state index in [2.05, 4.69) is 20.5 Å². The largest absolute Gasteiger partial charge is 0.336 e. The van der Waals surface area contributed by atoms with Crippen molar-refractivity contribution in [2.24, 2.45) is 0 Å². The van der Waals surface area contributed by atoms with Crippen LogP contribution in [-0.4, -0.2) is 36.4 Å². The molecular weight excluding hydrogens is 402 g/mol. The fourth-order valence-corrected chi connectivity index (χ4v) is 3.77.